The van der Waals surface area contributed by atoms with Crippen molar-refractivity contribution in [2.24, 2.45) is 16.3 Å². The highest BCUT2D eigenvalue weighted by Gasteiger charge is 2.33. The standard InChI is InChI=1S/C15H29N3O/c1-4-12-6-5-7-13(8-12)18-14(16-3)17-9-15(2)10-19-11-15/h12-13H,4-11H2,1-3H3,(H2,16,17,18). The van der Waals surface area contributed by atoms with Crippen LogP contribution in [0.2, 0.25) is 0 Å². The number of nitrogens with one attached hydrogen (secondary N) is 2. The predicted molar refractivity (Wildman–Crippen MR) is 79.5 cm³/mol. The Morgan fingerprint density at radius 3 is 2.74 bits per heavy atom. The van der Waals surface area contributed by atoms with Gasteiger partial charge in [0, 0.05) is 25.0 Å². The second kappa shape index (κ2) is 6.60. The van der Waals surface area contributed by atoms with Crippen LogP contribution in [0.1, 0.15) is 46.0 Å². The van der Waals surface area contributed by atoms with Gasteiger partial charge < -0.3 is 15.4 Å². The Bertz CT molecular complexity index is 313. The molecule has 4 heteroatoms. The van der Waals surface area contributed by atoms with Gasteiger partial charge in [-0.25, -0.2) is 0 Å². The quantitative estimate of drug-likeness (QED) is 0.606. The Morgan fingerprint density at radius 1 is 1.37 bits per heavy atom. The second-order valence-electron chi connectivity index (χ2n) is 6.51. The van der Waals surface area contributed by atoms with E-state index >= 15 is 0 Å². The molecule has 0 amide bonds. The molecular formula is C15H29N3O. The lowest BCUT2D eigenvalue weighted by Crippen LogP contribution is -2.52. The summed E-state index contributed by atoms with van der Waals surface area (Å²) in [5, 5.41) is 7.04. The lowest BCUT2D eigenvalue weighted by atomic mass is 9.84. The molecule has 2 atom stereocenters. The smallest absolute Gasteiger partial charge is 0.191 e. The summed E-state index contributed by atoms with van der Waals surface area (Å²) in [6.45, 7) is 7.22. The number of hydrogen-bond donors (Lipinski definition) is 2. The fourth-order valence-corrected chi connectivity index (χ4v) is 3.03. The molecule has 2 unspecified atom stereocenters. The van der Waals surface area contributed by atoms with Gasteiger partial charge in [0.1, 0.15) is 0 Å². The molecule has 2 fully saturated rings. The average Bonchev–Trinajstić information content (AvgIpc) is 2.41. The van der Waals surface area contributed by atoms with Crippen LogP contribution in [0.4, 0.5) is 0 Å². The van der Waals surface area contributed by atoms with E-state index in [0.29, 0.717) is 6.04 Å². The van der Waals surface area contributed by atoms with Gasteiger partial charge >= 0.3 is 0 Å². The van der Waals surface area contributed by atoms with E-state index in [2.05, 4.69) is 29.5 Å². The number of ether oxygens (including phenoxy) is 1. The molecule has 0 aromatic rings. The summed E-state index contributed by atoms with van der Waals surface area (Å²) in [7, 11) is 1.86. The van der Waals surface area contributed by atoms with Gasteiger partial charge in [0.15, 0.2) is 5.96 Å². The fraction of sp³-hybridized carbons (Fsp3) is 0.933. The molecular weight excluding hydrogens is 238 g/mol. The summed E-state index contributed by atoms with van der Waals surface area (Å²) in [5.74, 6) is 1.84. The van der Waals surface area contributed by atoms with Crippen molar-refractivity contribution in [3.8, 4) is 0 Å². The van der Waals surface area contributed by atoms with E-state index in [1.54, 1.807) is 0 Å². The largest absolute Gasteiger partial charge is 0.380 e. The molecule has 2 aliphatic rings. The third kappa shape index (κ3) is 4.10. The van der Waals surface area contributed by atoms with Gasteiger partial charge in [0.2, 0.25) is 0 Å². The number of guanidine groups is 1. The number of rotatable bonds is 4. The minimum Gasteiger partial charge on any atom is -0.380 e. The van der Waals surface area contributed by atoms with Crippen LogP contribution < -0.4 is 10.6 Å². The van der Waals surface area contributed by atoms with Crippen LogP contribution in [0.3, 0.4) is 0 Å². The molecule has 1 saturated heterocycles. The topological polar surface area (TPSA) is 45.7 Å². The van der Waals surface area contributed by atoms with Crippen LogP contribution in [-0.2, 0) is 4.74 Å². The van der Waals surface area contributed by atoms with Crippen molar-refractivity contribution >= 4 is 5.96 Å². The first-order valence-corrected chi connectivity index (χ1v) is 7.70. The lowest BCUT2D eigenvalue weighted by Gasteiger charge is -2.39. The molecule has 1 aliphatic carbocycles. The molecule has 110 valence electrons. The molecule has 0 radical (unpaired) electrons. The Hall–Kier alpha value is -0.770. The maximum Gasteiger partial charge on any atom is 0.191 e. The van der Waals surface area contributed by atoms with Crippen LogP contribution >= 0.6 is 0 Å². The Kier molecular flexibility index (Phi) is 5.08. The zero-order valence-electron chi connectivity index (χ0n) is 12.7. The monoisotopic (exact) mass is 267 g/mol. The van der Waals surface area contributed by atoms with Gasteiger partial charge in [-0.15, -0.1) is 0 Å². The molecule has 2 rings (SSSR count). The van der Waals surface area contributed by atoms with Gasteiger partial charge in [-0.05, 0) is 18.8 Å². The molecule has 2 N–H and O–H groups in total. The van der Waals surface area contributed by atoms with Crippen LogP contribution in [0.15, 0.2) is 4.99 Å². The van der Waals surface area contributed by atoms with Gasteiger partial charge in [-0.2, -0.15) is 0 Å². The number of nitrogens with zero attached hydrogens (tertiary/aromatic N) is 1. The minimum absolute atomic E-state index is 0.288. The zero-order valence-corrected chi connectivity index (χ0v) is 12.7. The van der Waals surface area contributed by atoms with Crippen molar-refractivity contribution in [1.29, 1.82) is 0 Å². The molecule has 0 aromatic heterocycles. The maximum absolute atomic E-state index is 5.28. The summed E-state index contributed by atoms with van der Waals surface area (Å²) < 4.78 is 5.28. The average molecular weight is 267 g/mol. The first-order valence-electron chi connectivity index (χ1n) is 7.70. The highest BCUT2D eigenvalue weighted by molar-refractivity contribution is 5.80. The van der Waals surface area contributed by atoms with E-state index in [-0.39, 0.29) is 5.41 Å². The number of hydrogen-bond acceptors (Lipinski definition) is 2. The lowest BCUT2D eigenvalue weighted by molar-refractivity contribution is -0.0971. The SMILES string of the molecule is CCC1CCCC(NC(=NC)NCC2(C)COC2)C1. The third-order valence-electron chi connectivity index (χ3n) is 4.51. The minimum atomic E-state index is 0.288. The van der Waals surface area contributed by atoms with E-state index in [0.717, 1.165) is 31.6 Å². The van der Waals surface area contributed by atoms with Crippen molar-refractivity contribution < 1.29 is 4.74 Å². The Balaban J connectivity index is 1.75. The van der Waals surface area contributed by atoms with Crippen LogP contribution in [0.25, 0.3) is 0 Å². The molecule has 0 spiro atoms. The summed E-state index contributed by atoms with van der Waals surface area (Å²) in [6, 6.07) is 0.593. The van der Waals surface area contributed by atoms with Gasteiger partial charge in [0.05, 0.1) is 13.2 Å². The van der Waals surface area contributed by atoms with Gasteiger partial charge in [-0.1, -0.05) is 33.1 Å². The van der Waals surface area contributed by atoms with Crippen molar-refractivity contribution in [1.82, 2.24) is 10.6 Å². The molecule has 4 nitrogen and oxygen atoms in total. The normalized spacial score (nSPS) is 30.6. The summed E-state index contributed by atoms with van der Waals surface area (Å²) in [6.07, 6.45) is 6.61. The van der Waals surface area contributed by atoms with E-state index < -0.39 is 0 Å². The highest BCUT2D eigenvalue weighted by Crippen LogP contribution is 2.27. The maximum atomic E-state index is 5.28. The van der Waals surface area contributed by atoms with E-state index in [1.165, 1.54) is 32.1 Å². The van der Waals surface area contributed by atoms with Crippen molar-refractivity contribution in [3.05, 3.63) is 0 Å². The molecule has 1 saturated carbocycles. The Morgan fingerprint density at radius 2 is 2.16 bits per heavy atom. The first-order chi connectivity index (χ1) is 9.15. The van der Waals surface area contributed by atoms with Crippen LogP contribution in [0, 0.1) is 11.3 Å². The molecule has 1 heterocycles. The molecule has 0 aromatic carbocycles. The van der Waals surface area contributed by atoms with Crippen LogP contribution in [0.5, 0.6) is 0 Å². The molecule has 19 heavy (non-hydrogen) atoms. The molecule has 0 bridgehead atoms. The van der Waals surface area contributed by atoms with Crippen molar-refractivity contribution in [2.75, 3.05) is 26.8 Å². The Labute approximate surface area is 117 Å². The predicted octanol–water partition coefficient (Wildman–Crippen LogP) is 2.16. The molecule has 1 aliphatic heterocycles. The van der Waals surface area contributed by atoms with Gasteiger partial charge in [-0.3, -0.25) is 4.99 Å². The van der Waals surface area contributed by atoms with Crippen LogP contribution in [-0.4, -0.2) is 38.8 Å². The fourth-order valence-electron chi connectivity index (χ4n) is 3.03. The van der Waals surface area contributed by atoms with E-state index in [9.17, 15) is 0 Å². The summed E-state index contributed by atoms with van der Waals surface area (Å²) in [5.41, 5.74) is 0.288. The van der Waals surface area contributed by atoms with Crippen molar-refractivity contribution in [2.45, 2.75) is 52.0 Å². The summed E-state index contributed by atoms with van der Waals surface area (Å²) in [4.78, 5) is 4.35. The zero-order chi connectivity index (χ0) is 13.7. The highest BCUT2D eigenvalue weighted by atomic mass is 16.5. The first kappa shape index (κ1) is 14.6. The van der Waals surface area contributed by atoms with E-state index in [1.807, 2.05) is 7.05 Å². The summed E-state index contributed by atoms with van der Waals surface area (Å²) >= 11 is 0. The third-order valence-corrected chi connectivity index (χ3v) is 4.51. The van der Waals surface area contributed by atoms with Gasteiger partial charge in [0.25, 0.3) is 0 Å². The van der Waals surface area contributed by atoms with Crippen molar-refractivity contribution in [3.63, 3.8) is 0 Å². The van der Waals surface area contributed by atoms with E-state index in [4.69, 9.17) is 4.74 Å². The second-order valence-corrected chi connectivity index (χ2v) is 6.51. The number of aliphatic imine (C=N–C) groups is 1.